The van der Waals surface area contributed by atoms with Gasteiger partial charge in [-0.3, -0.25) is 0 Å². The summed E-state index contributed by atoms with van der Waals surface area (Å²) in [6.07, 6.45) is 0. The van der Waals surface area contributed by atoms with E-state index in [0.29, 0.717) is 20.6 Å². The molecule has 0 saturated carbocycles. The molecule has 4 heteroatoms. The molecule has 0 bridgehead atoms. The molecule has 0 fully saturated rings. The maximum absolute atomic E-state index is 14.8. The Morgan fingerprint density at radius 1 is 0.485 bits per heavy atom. The zero-order valence-corrected chi connectivity index (χ0v) is 20.8. The van der Waals surface area contributed by atoms with E-state index < -0.39 is 16.4 Å². The zero-order valence-electron chi connectivity index (χ0n) is 20.0. The van der Waals surface area contributed by atoms with Crippen LogP contribution in [0.3, 0.4) is 0 Å². The van der Waals surface area contributed by atoms with Crippen LogP contribution in [-0.2, 0) is 21.7 Å². The molecule has 0 nitrogen and oxygen atoms in total. The Morgan fingerprint density at radius 2 is 0.818 bits per heavy atom. The van der Waals surface area contributed by atoms with Crippen LogP contribution in [0.4, 0.5) is 13.2 Å². The van der Waals surface area contributed by atoms with Gasteiger partial charge in [0.05, 0.1) is 0 Å². The van der Waals surface area contributed by atoms with E-state index in [4.69, 9.17) is 0 Å². The van der Waals surface area contributed by atoms with E-state index in [1.54, 1.807) is 12.1 Å². The number of hydrogen-bond acceptors (Lipinski definition) is 0. The lowest BCUT2D eigenvalue weighted by Crippen LogP contribution is -2.25. The molecule has 4 aromatic rings. The van der Waals surface area contributed by atoms with Crippen LogP contribution in [0.2, 0.25) is 0 Å². The highest BCUT2D eigenvalue weighted by Crippen LogP contribution is 2.46. The predicted molar refractivity (Wildman–Crippen MR) is 135 cm³/mol. The van der Waals surface area contributed by atoms with Crippen LogP contribution in [-0.4, -0.2) is 5.51 Å². The van der Waals surface area contributed by atoms with Gasteiger partial charge in [0, 0.05) is 10.8 Å². The van der Waals surface area contributed by atoms with Crippen molar-refractivity contribution in [3.8, 4) is 0 Å². The lowest BCUT2D eigenvalue weighted by molar-refractivity contribution is -0.0369. The fourth-order valence-electron chi connectivity index (χ4n) is 4.57. The van der Waals surface area contributed by atoms with E-state index in [0.717, 1.165) is 21.9 Å². The molecule has 0 aliphatic rings. The first kappa shape index (κ1) is 23.7. The molecule has 0 amide bonds. The van der Waals surface area contributed by atoms with Crippen molar-refractivity contribution in [2.24, 2.45) is 0 Å². The Hall–Kier alpha value is -2.46. The van der Waals surface area contributed by atoms with Crippen LogP contribution in [0.25, 0.3) is 21.5 Å². The van der Waals surface area contributed by atoms with Crippen molar-refractivity contribution in [2.75, 3.05) is 0 Å². The van der Waals surface area contributed by atoms with Crippen molar-refractivity contribution in [1.29, 1.82) is 0 Å². The minimum absolute atomic E-state index is 0.171. The third kappa shape index (κ3) is 4.38. The standard InChI is InChI=1S/C29H30F3S/c1-27(2,3)23-15-17-25(21-13-9-7-11-19(21)23)33(29(30,31)32)26-18-16-24(28(4,5)6)20-12-8-10-14-22(20)26/h7-18H,1-6H3/q+1. The summed E-state index contributed by atoms with van der Waals surface area (Å²) in [5, 5.41) is 3.13. The van der Waals surface area contributed by atoms with Crippen LogP contribution < -0.4 is 0 Å². The van der Waals surface area contributed by atoms with Crippen molar-refractivity contribution in [3.63, 3.8) is 0 Å². The Kier molecular flexibility index (Phi) is 5.81. The molecule has 172 valence electrons. The first-order valence-corrected chi connectivity index (χ1v) is 12.4. The topological polar surface area (TPSA) is 0 Å². The normalized spacial score (nSPS) is 13.3. The maximum atomic E-state index is 14.8. The summed E-state index contributed by atoms with van der Waals surface area (Å²) in [6, 6.07) is 22.2. The Labute approximate surface area is 197 Å². The molecule has 4 rings (SSSR count). The summed E-state index contributed by atoms with van der Waals surface area (Å²) in [5.41, 5.74) is -2.63. The molecule has 0 radical (unpaired) electrons. The summed E-state index contributed by atoms with van der Waals surface area (Å²) in [7, 11) is -2.09. The molecule has 0 aliphatic heterocycles. The third-order valence-corrected chi connectivity index (χ3v) is 8.11. The van der Waals surface area contributed by atoms with Gasteiger partial charge >= 0.3 is 5.51 Å². The highest BCUT2D eigenvalue weighted by molar-refractivity contribution is 7.98. The van der Waals surface area contributed by atoms with Crippen molar-refractivity contribution >= 4 is 32.4 Å². The molecular weight excluding hydrogens is 437 g/mol. The van der Waals surface area contributed by atoms with E-state index in [1.807, 2.05) is 60.7 Å². The maximum Gasteiger partial charge on any atom is 0.586 e. The monoisotopic (exact) mass is 467 g/mol. The number of hydrogen-bond donors (Lipinski definition) is 0. The van der Waals surface area contributed by atoms with Gasteiger partial charge < -0.3 is 0 Å². The quantitative estimate of drug-likeness (QED) is 0.258. The predicted octanol–water partition coefficient (Wildman–Crippen LogP) is 9.14. The van der Waals surface area contributed by atoms with Crippen LogP contribution in [0.1, 0.15) is 52.7 Å². The molecule has 33 heavy (non-hydrogen) atoms. The second-order valence-electron chi connectivity index (χ2n) is 10.6. The summed E-state index contributed by atoms with van der Waals surface area (Å²) in [5.74, 6) is 0. The number of benzene rings is 4. The third-order valence-electron chi connectivity index (χ3n) is 6.06. The second-order valence-corrected chi connectivity index (χ2v) is 12.5. The molecule has 4 aromatic carbocycles. The van der Waals surface area contributed by atoms with Gasteiger partial charge in [0.25, 0.3) is 0 Å². The SMILES string of the molecule is CC(C)(C)c1ccc([S+](c2ccc(C(C)(C)C)c3ccccc23)C(F)(F)F)c2ccccc12. The van der Waals surface area contributed by atoms with Crippen LogP contribution in [0.5, 0.6) is 0 Å². The largest absolute Gasteiger partial charge is 0.586 e. The van der Waals surface area contributed by atoms with Crippen LogP contribution in [0, 0.1) is 0 Å². The number of fused-ring (bicyclic) bond motifs is 2. The van der Waals surface area contributed by atoms with Crippen molar-refractivity contribution < 1.29 is 13.2 Å². The van der Waals surface area contributed by atoms with Crippen molar-refractivity contribution in [1.82, 2.24) is 0 Å². The van der Waals surface area contributed by atoms with Crippen molar-refractivity contribution in [3.05, 3.63) is 83.9 Å². The second kappa shape index (κ2) is 8.09. The van der Waals surface area contributed by atoms with Gasteiger partial charge in [-0.25, -0.2) is 0 Å². The summed E-state index contributed by atoms with van der Waals surface area (Å²) >= 11 is 0. The van der Waals surface area contributed by atoms with E-state index in [-0.39, 0.29) is 10.8 Å². The van der Waals surface area contributed by atoms with Crippen LogP contribution >= 0.6 is 0 Å². The number of halogens is 3. The molecule has 0 unspecified atom stereocenters. The molecule has 0 aromatic heterocycles. The van der Waals surface area contributed by atoms with E-state index in [9.17, 15) is 13.2 Å². The molecule has 0 atom stereocenters. The zero-order chi connectivity index (χ0) is 24.2. The first-order valence-electron chi connectivity index (χ1n) is 11.2. The van der Waals surface area contributed by atoms with Gasteiger partial charge in [-0.1, -0.05) is 90.1 Å². The molecular formula is C29H30F3S+. The highest BCUT2D eigenvalue weighted by Gasteiger charge is 2.56. The van der Waals surface area contributed by atoms with Gasteiger partial charge in [-0.15, -0.1) is 13.2 Å². The molecule has 0 heterocycles. The van der Waals surface area contributed by atoms with E-state index in [2.05, 4.69) is 41.5 Å². The highest BCUT2D eigenvalue weighted by atomic mass is 32.2. The summed E-state index contributed by atoms with van der Waals surface area (Å²) < 4.78 is 44.5. The van der Waals surface area contributed by atoms with Gasteiger partial charge in [0.2, 0.25) is 0 Å². The van der Waals surface area contributed by atoms with E-state index >= 15 is 0 Å². The van der Waals surface area contributed by atoms with Gasteiger partial charge in [0.15, 0.2) is 20.7 Å². The smallest absolute Gasteiger partial charge is 0.122 e. The Balaban J connectivity index is 2.06. The number of alkyl halides is 3. The molecule has 0 spiro atoms. The number of rotatable bonds is 2. The van der Waals surface area contributed by atoms with E-state index in [1.165, 1.54) is 0 Å². The Bertz CT molecular complexity index is 1220. The fraction of sp³-hybridized carbons (Fsp3) is 0.310. The lowest BCUT2D eigenvalue weighted by Gasteiger charge is -2.24. The van der Waals surface area contributed by atoms with Crippen LogP contribution in [0.15, 0.2) is 82.6 Å². The van der Waals surface area contributed by atoms with Crippen molar-refractivity contribution in [2.45, 2.75) is 67.7 Å². The minimum Gasteiger partial charge on any atom is -0.122 e. The van der Waals surface area contributed by atoms with Gasteiger partial charge in [-0.2, -0.15) is 0 Å². The molecule has 0 saturated heterocycles. The fourth-order valence-corrected chi connectivity index (χ4v) is 6.51. The lowest BCUT2D eigenvalue weighted by atomic mass is 9.84. The molecule has 0 N–H and O–H groups in total. The summed E-state index contributed by atoms with van der Waals surface area (Å²) in [4.78, 5) is 0.666. The molecule has 0 aliphatic carbocycles. The minimum atomic E-state index is -4.40. The average molecular weight is 468 g/mol. The Morgan fingerprint density at radius 3 is 1.12 bits per heavy atom. The summed E-state index contributed by atoms with van der Waals surface area (Å²) in [6.45, 7) is 12.6. The average Bonchev–Trinajstić information content (AvgIpc) is 2.71. The van der Waals surface area contributed by atoms with Gasteiger partial charge in [-0.05, 0) is 57.0 Å². The first-order chi connectivity index (χ1) is 15.3. The van der Waals surface area contributed by atoms with Gasteiger partial charge in [0.1, 0.15) is 0 Å².